The van der Waals surface area contributed by atoms with Crippen LogP contribution in [0.25, 0.3) is 0 Å². The van der Waals surface area contributed by atoms with E-state index in [0.29, 0.717) is 19.4 Å². The molecule has 0 spiro atoms. The van der Waals surface area contributed by atoms with Crippen molar-refractivity contribution in [2.45, 2.75) is 55.5 Å². The van der Waals surface area contributed by atoms with Gasteiger partial charge in [0.05, 0.1) is 7.11 Å². The number of amides is 1. The van der Waals surface area contributed by atoms with E-state index in [9.17, 15) is 23.1 Å². The zero-order valence-corrected chi connectivity index (χ0v) is 16.0. The number of rotatable bonds is 6. The van der Waals surface area contributed by atoms with Gasteiger partial charge in [0.25, 0.3) is 5.91 Å². The summed E-state index contributed by atoms with van der Waals surface area (Å²) in [6.07, 6.45) is 4.53. The van der Waals surface area contributed by atoms with Crippen LogP contribution in [0.1, 0.15) is 48.9 Å². The van der Waals surface area contributed by atoms with Crippen molar-refractivity contribution in [3.8, 4) is 5.75 Å². The number of nitrogens with zero attached hydrogens (tertiary/aromatic N) is 1. The van der Waals surface area contributed by atoms with Crippen molar-refractivity contribution in [2.24, 2.45) is 0 Å². The SMILES string of the molecule is COc1ccc(C(=O)N2CCCC2C(=O)O)cc1S(=O)(=O)NC1CCCC1. The van der Waals surface area contributed by atoms with Gasteiger partial charge in [0.2, 0.25) is 10.0 Å². The standard InChI is InChI=1S/C18H24N2O6S/c1-26-15-9-8-12(17(21)20-10-4-7-14(20)18(22)23)11-16(15)27(24,25)19-13-5-2-3-6-13/h8-9,11,13-14,19H,2-7,10H2,1H3,(H,22,23). The van der Waals surface area contributed by atoms with E-state index >= 15 is 0 Å². The summed E-state index contributed by atoms with van der Waals surface area (Å²) >= 11 is 0. The van der Waals surface area contributed by atoms with Crippen LogP contribution in [-0.2, 0) is 14.8 Å². The zero-order valence-electron chi connectivity index (χ0n) is 15.2. The number of likely N-dealkylation sites (tertiary alicyclic amines) is 1. The minimum Gasteiger partial charge on any atom is -0.495 e. The molecule has 8 nitrogen and oxygen atoms in total. The lowest BCUT2D eigenvalue weighted by Gasteiger charge is -2.22. The third kappa shape index (κ3) is 4.08. The number of sulfonamides is 1. The number of aliphatic carboxylic acids is 1. The molecule has 1 saturated carbocycles. The number of methoxy groups -OCH3 is 1. The molecule has 1 aromatic carbocycles. The second kappa shape index (κ2) is 7.85. The summed E-state index contributed by atoms with van der Waals surface area (Å²) in [6, 6.07) is 3.18. The Bertz CT molecular complexity index is 832. The number of hydrogen-bond donors (Lipinski definition) is 2. The molecule has 0 aromatic heterocycles. The predicted molar refractivity (Wildman–Crippen MR) is 97.3 cm³/mol. The number of ether oxygens (including phenoxy) is 1. The topological polar surface area (TPSA) is 113 Å². The Kier molecular flexibility index (Phi) is 5.71. The highest BCUT2D eigenvalue weighted by Gasteiger charge is 2.35. The normalized spacial score (nSPS) is 20.8. The van der Waals surface area contributed by atoms with Gasteiger partial charge in [-0.3, -0.25) is 4.79 Å². The van der Waals surface area contributed by atoms with Crippen molar-refractivity contribution in [3.63, 3.8) is 0 Å². The van der Waals surface area contributed by atoms with Crippen molar-refractivity contribution in [1.82, 2.24) is 9.62 Å². The minimum atomic E-state index is -3.86. The van der Waals surface area contributed by atoms with Crippen molar-refractivity contribution in [3.05, 3.63) is 23.8 Å². The number of carbonyl (C=O) groups excluding carboxylic acids is 1. The summed E-state index contributed by atoms with van der Waals surface area (Å²) in [6.45, 7) is 0.338. The molecule has 27 heavy (non-hydrogen) atoms. The van der Waals surface area contributed by atoms with Crippen molar-refractivity contribution in [1.29, 1.82) is 0 Å². The summed E-state index contributed by atoms with van der Waals surface area (Å²) in [5.41, 5.74) is 0.135. The highest BCUT2D eigenvalue weighted by molar-refractivity contribution is 7.89. The molecule has 1 heterocycles. The Hall–Kier alpha value is -2.13. The van der Waals surface area contributed by atoms with E-state index in [4.69, 9.17) is 4.74 Å². The first-order valence-corrected chi connectivity index (χ1v) is 10.6. The van der Waals surface area contributed by atoms with E-state index in [1.54, 1.807) is 0 Å². The number of nitrogens with one attached hydrogen (secondary N) is 1. The molecule has 148 valence electrons. The van der Waals surface area contributed by atoms with Crippen molar-refractivity contribution >= 4 is 21.9 Å². The Labute approximate surface area is 158 Å². The van der Waals surface area contributed by atoms with Crippen LogP contribution in [0.2, 0.25) is 0 Å². The fourth-order valence-corrected chi connectivity index (χ4v) is 5.28. The molecule has 0 radical (unpaired) electrons. The minimum absolute atomic E-state index is 0.103. The summed E-state index contributed by atoms with van der Waals surface area (Å²) < 4.78 is 33.5. The van der Waals surface area contributed by atoms with Crippen LogP contribution in [0.4, 0.5) is 0 Å². The van der Waals surface area contributed by atoms with Gasteiger partial charge in [-0.2, -0.15) is 0 Å². The van der Waals surface area contributed by atoms with E-state index < -0.39 is 27.9 Å². The maximum atomic E-state index is 12.8. The number of hydrogen-bond acceptors (Lipinski definition) is 5. The van der Waals surface area contributed by atoms with Gasteiger partial charge < -0.3 is 14.7 Å². The lowest BCUT2D eigenvalue weighted by molar-refractivity contribution is -0.141. The van der Waals surface area contributed by atoms with Gasteiger partial charge in [-0.1, -0.05) is 12.8 Å². The molecule has 0 bridgehead atoms. The summed E-state index contributed by atoms with van der Waals surface area (Å²) in [5, 5.41) is 9.29. The molecule has 1 aliphatic heterocycles. The largest absolute Gasteiger partial charge is 0.495 e. The monoisotopic (exact) mass is 396 g/mol. The van der Waals surface area contributed by atoms with Crippen LogP contribution in [0.5, 0.6) is 5.75 Å². The second-order valence-corrected chi connectivity index (χ2v) is 8.65. The molecule has 1 aromatic rings. The first-order valence-electron chi connectivity index (χ1n) is 9.07. The molecule has 1 aliphatic carbocycles. The van der Waals surface area contributed by atoms with Crippen LogP contribution >= 0.6 is 0 Å². The van der Waals surface area contributed by atoms with Gasteiger partial charge in [0, 0.05) is 18.2 Å². The van der Waals surface area contributed by atoms with E-state index in [1.807, 2.05) is 0 Å². The van der Waals surface area contributed by atoms with E-state index in [1.165, 1.54) is 30.2 Å². The highest BCUT2D eigenvalue weighted by Crippen LogP contribution is 2.29. The second-order valence-electron chi connectivity index (χ2n) is 6.96. The Balaban J connectivity index is 1.91. The maximum absolute atomic E-state index is 12.8. The number of carboxylic acids is 1. The van der Waals surface area contributed by atoms with Crippen LogP contribution in [0.15, 0.2) is 23.1 Å². The Morgan fingerprint density at radius 2 is 1.89 bits per heavy atom. The third-order valence-electron chi connectivity index (χ3n) is 5.18. The molecule has 2 N–H and O–H groups in total. The van der Waals surface area contributed by atoms with Crippen LogP contribution in [-0.4, -0.2) is 56.0 Å². The predicted octanol–water partition coefficient (Wildman–Crippen LogP) is 1.61. The van der Waals surface area contributed by atoms with Crippen LogP contribution < -0.4 is 9.46 Å². The van der Waals surface area contributed by atoms with Gasteiger partial charge in [0.1, 0.15) is 16.7 Å². The van der Waals surface area contributed by atoms with Gasteiger partial charge in [-0.15, -0.1) is 0 Å². The molecule has 2 aliphatic rings. The van der Waals surface area contributed by atoms with E-state index in [2.05, 4.69) is 4.72 Å². The zero-order chi connectivity index (χ0) is 19.6. The number of carboxylic acid groups (broad SMARTS) is 1. The fourth-order valence-electron chi connectivity index (χ4n) is 3.78. The van der Waals surface area contributed by atoms with Gasteiger partial charge in [-0.05, 0) is 43.9 Å². The van der Waals surface area contributed by atoms with Crippen molar-refractivity contribution < 1.29 is 27.9 Å². The Morgan fingerprint density at radius 3 is 2.52 bits per heavy atom. The lowest BCUT2D eigenvalue weighted by atomic mass is 10.1. The van der Waals surface area contributed by atoms with Gasteiger partial charge in [-0.25, -0.2) is 17.9 Å². The molecule has 2 fully saturated rings. The average molecular weight is 396 g/mol. The average Bonchev–Trinajstić information content (AvgIpc) is 3.31. The van der Waals surface area contributed by atoms with E-state index in [-0.39, 0.29) is 22.3 Å². The van der Waals surface area contributed by atoms with Crippen molar-refractivity contribution in [2.75, 3.05) is 13.7 Å². The molecule has 1 amide bonds. The number of benzene rings is 1. The summed E-state index contributed by atoms with van der Waals surface area (Å²) in [7, 11) is -2.49. The highest BCUT2D eigenvalue weighted by atomic mass is 32.2. The summed E-state index contributed by atoms with van der Waals surface area (Å²) in [5.74, 6) is -1.39. The molecule has 1 unspecified atom stereocenters. The summed E-state index contributed by atoms with van der Waals surface area (Å²) in [4.78, 5) is 25.3. The quantitative estimate of drug-likeness (QED) is 0.755. The molecule has 9 heteroatoms. The first kappa shape index (κ1) is 19.6. The third-order valence-corrected chi connectivity index (χ3v) is 6.72. The molecular formula is C18H24N2O6S. The van der Waals surface area contributed by atoms with Gasteiger partial charge in [0.15, 0.2) is 0 Å². The molecule has 3 rings (SSSR count). The fraction of sp³-hybridized carbons (Fsp3) is 0.556. The Morgan fingerprint density at radius 1 is 1.19 bits per heavy atom. The van der Waals surface area contributed by atoms with E-state index in [0.717, 1.165) is 25.7 Å². The molecule has 1 atom stereocenters. The smallest absolute Gasteiger partial charge is 0.326 e. The molecule has 1 saturated heterocycles. The van der Waals surface area contributed by atoms with Gasteiger partial charge >= 0.3 is 5.97 Å². The lowest BCUT2D eigenvalue weighted by Crippen LogP contribution is -2.40. The van der Waals surface area contributed by atoms with Crippen LogP contribution in [0, 0.1) is 0 Å². The van der Waals surface area contributed by atoms with Crippen LogP contribution in [0.3, 0.4) is 0 Å². The molecular weight excluding hydrogens is 372 g/mol. The number of carbonyl (C=O) groups is 2. The first-order chi connectivity index (χ1) is 12.8. The maximum Gasteiger partial charge on any atom is 0.326 e.